The molecule has 4 aromatic rings. The Morgan fingerprint density at radius 2 is 1.97 bits per heavy atom. The molecule has 0 aliphatic heterocycles. The number of carbonyl (C=O) groups is 1. The van der Waals surface area contributed by atoms with Crippen LogP contribution in [0.2, 0.25) is 0 Å². The molecule has 0 unspecified atom stereocenters. The predicted octanol–water partition coefficient (Wildman–Crippen LogP) is 4.27. The SMILES string of the molecule is Cc1ccc2c(CCCCN(C)C)nccc2c1NC(=O)c1csc2c(N)ncnc12. The van der Waals surface area contributed by atoms with Crippen LogP contribution in [0.25, 0.3) is 21.0 Å². The molecule has 8 heteroatoms. The molecule has 0 saturated carbocycles. The Labute approximate surface area is 185 Å². The Balaban J connectivity index is 1.64. The molecule has 0 aliphatic carbocycles. The molecule has 1 amide bonds. The Morgan fingerprint density at radius 3 is 2.77 bits per heavy atom. The summed E-state index contributed by atoms with van der Waals surface area (Å²) in [7, 11) is 4.18. The zero-order valence-corrected chi connectivity index (χ0v) is 18.8. The molecular formula is C23H26N6OS. The number of nitrogens with two attached hydrogens (primary N) is 1. The first-order chi connectivity index (χ1) is 15.0. The van der Waals surface area contributed by atoms with E-state index < -0.39 is 0 Å². The topological polar surface area (TPSA) is 97.0 Å². The molecule has 0 bridgehead atoms. The lowest BCUT2D eigenvalue weighted by Crippen LogP contribution is -2.13. The standard InChI is InChI=1S/C23H26N6OS/c1-14-7-8-15-16(9-10-25-18(15)6-4-5-11-29(2)3)19(14)28-23(30)17-12-31-21-20(17)26-13-27-22(21)24/h7-10,12-13H,4-6,11H2,1-3H3,(H,28,30)(H2,24,26,27). The highest BCUT2D eigenvalue weighted by molar-refractivity contribution is 7.18. The van der Waals surface area contributed by atoms with E-state index in [9.17, 15) is 4.79 Å². The van der Waals surface area contributed by atoms with Crippen LogP contribution in [0.3, 0.4) is 0 Å². The molecule has 7 nitrogen and oxygen atoms in total. The summed E-state index contributed by atoms with van der Waals surface area (Å²) in [5, 5.41) is 6.97. The van der Waals surface area contributed by atoms with E-state index in [1.54, 1.807) is 5.38 Å². The number of nitrogens with zero attached hydrogens (tertiary/aromatic N) is 4. The van der Waals surface area contributed by atoms with Gasteiger partial charge in [-0.3, -0.25) is 9.78 Å². The van der Waals surface area contributed by atoms with Crippen molar-refractivity contribution >= 4 is 49.7 Å². The highest BCUT2D eigenvalue weighted by Crippen LogP contribution is 2.32. The molecule has 0 spiro atoms. The van der Waals surface area contributed by atoms with E-state index in [-0.39, 0.29) is 5.91 Å². The lowest BCUT2D eigenvalue weighted by Gasteiger charge is -2.14. The summed E-state index contributed by atoms with van der Waals surface area (Å²) >= 11 is 1.38. The number of rotatable bonds is 7. The third kappa shape index (κ3) is 4.35. The van der Waals surface area contributed by atoms with Gasteiger partial charge in [-0.1, -0.05) is 12.1 Å². The summed E-state index contributed by atoms with van der Waals surface area (Å²) in [6, 6.07) is 6.10. The van der Waals surface area contributed by atoms with Crippen molar-refractivity contribution < 1.29 is 4.79 Å². The van der Waals surface area contributed by atoms with E-state index in [0.29, 0.717) is 16.9 Å². The summed E-state index contributed by atoms with van der Waals surface area (Å²) in [6.45, 7) is 3.06. The Bertz CT molecular complexity index is 1250. The van der Waals surface area contributed by atoms with Crippen LogP contribution in [0.5, 0.6) is 0 Å². The van der Waals surface area contributed by atoms with E-state index in [0.717, 1.165) is 58.2 Å². The van der Waals surface area contributed by atoms with Gasteiger partial charge >= 0.3 is 0 Å². The normalized spacial score (nSPS) is 11.5. The number of anilines is 2. The van der Waals surface area contributed by atoms with Crippen LogP contribution in [0.1, 0.15) is 34.5 Å². The second-order valence-electron chi connectivity index (χ2n) is 7.91. The Morgan fingerprint density at radius 1 is 1.13 bits per heavy atom. The molecule has 0 saturated heterocycles. The number of thiophene rings is 1. The highest BCUT2D eigenvalue weighted by Gasteiger charge is 2.18. The van der Waals surface area contributed by atoms with Crippen LogP contribution in [0, 0.1) is 6.92 Å². The van der Waals surface area contributed by atoms with Gasteiger partial charge in [-0.25, -0.2) is 9.97 Å². The van der Waals surface area contributed by atoms with Gasteiger partial charge in [-0.05, 0) is 58.5 Å². The molecule has 3 aromatic heterocycles. The fourth-order valence-corrected chi connectivity index (χ4v) is 4.62. The number of pyridine rings is 1. The number of aromatic nitrogens is 3. The van der Waals surface area contributed by atoms with Gasteiger partial charge < -0.3 is 16.0 Å². The molecular weight excluding hydrogens is 408 g/mol. The lowest BCUT2D eigenvalue weighted by molar-refractivity contribution is 0.102. The first-order valence-electron chi connectivity index (χ1n) is 10.3. The zero-order chi connectivity index (χ0) is 22.0. The molecule has 0 atom stereocenters. The molecule has 4 rings (SSSR count). The van der Waals surface area contributed by atoms with Gasteiger partial charge in [0.05, 0.1) is 21.5 Å². The van der Waals surface area contributed by atoms with Crippen LogP contribution in [-0.2, 0) is 6.42 Å². The van der Waals surface area contributed by atoms with Crippen LogP contribution in [0.4, 0.5) is 11.5 Å². The molecule has 1 aromatic carbocycles. The average Bonchev–Trinajstić information content (AvgIpc) is 3.19. The zero-order valence-electron chi connectivity index (χ0n) is 18.0. The number of benzene rings is 1. The number of amides is 1. The second kappa shape index (κ2) is 8.95. The number of nitrogens with one attached hydrogen (secondary N) is 1. The maximum Gasteiger partial charge on any atom is 0.258 e. The number of fused-ring (bicyclic) bond motifs is 2. The Kier molecular flexibility index (Phi) is 6.11. The number of nitrogen functional groups attached to an aromatic ring is 1. The van der Waals surface area contributed by atoms with E-state index in [2.05, 4.69) is 45.3 Å². The third-order valence-electron chi connectivity index (χ3n) is 5.37. The smallest absolute Gasteiger partial charge is 0.258 e. The quantitative estimate of drug-likeness (QED) is 0.422. The predicted molar refractivity (Wildman–Crippen MR) is 128 cm³/mol. The maximum atomic E-state index is 13.1. The fourth-order valence-electron chi connectivity index (χ4n) is 3.72. The van der Waals surface area contributed by atoms with Crippen molar-refractivity contribution in [1.82, 2.24) is 19.9 Å². The molecule has 0 aliphatic rings. The number of unbranched alkanes of at least 4 members (excludes halogenated alkanes) is 1. The van der Waals surface area contributed by atoms with E-state index in [4.69, 9.17) is 5.73 Å². The summed E-state index contributed by atoms with van der Waals surface area (Å²) in [5.41, 5.74) is 9.87. The van der Waals surface area contributed by atoms with Gasteiger partial charge in [0.25, 0.3) is 5.91 Å². The fraction of sp³-hybridized carbons (Fsp3) is 0.304. The van der Waals surface area contributed by atoms with Crippen LogP contribution in [0.15, 0.2) is 36.1 Å². The molecule has 0 fully saturated rings. The maximum absolute atomic E-state index is 13.1. The summed E-state index contributed by atoms with van der Waals surface area (Å²) in [6.07, 6.45) is 6.32. The van der Waals surface area contributed by atoms with E-state index in [1.807, 2.05) is 25.3 Å². The summed E-state index contributed by atoms with van der Waals surface area (Å²) in [4.78, 5) is 28.2. The molecule has 0 radical (unpaired) electrons. The van der Waals surface area contributed by atoms with Crippen molar-refractivity contribution in [1.29, 1.82) is 0 Å². The van der Waals surface area contributed by atoms with Gasteiger partial charge in [-0.2, -0.15) is 0 Å². The number of hydrogen-bond donors (Lipinski definition) is 2. The molecule has 160 valence electrons. The van der Waals surface area contributed by atoms with Gasteiger partial charge in [0, 0.05) is 28.0 Å². The van der Waals surface area contributed by atoms with E-state index in [1.165, 1.54) is 17.7 Å². The monoisotopic (exact) mass is 434 g/mol. The number of hydrogen-bond acceptors (Lipinski definition) is 7. The highest BCUT2D eigenvalue weighted by atomic mass is 32.1. The van der Waals surface area contributed by atoms with Gasteiger partial charge in [0.2, 0.25) is 0 Å². The van der Waals surface area contributed by atoms with Crippen molar-refractivity contribution in [2.75, 3.05) is 31.7 Å². The first-order valence-corrected chi connectivity index (χ1v) is 11.1. The van der Waals surface area contributed by atoms with Crippen molar-refractivity contribution in [3.8, 4) is 0 Å². The van der Waals surface area contributed by atoms with Gasteiger partial charge in [-0.15, -0.1) is 11.3 Å². The minimum Gasteiger partial charge on any atom is -0.382 e. The third-order valence-corrected chi connectivity index (χ3v) is 6.36. The van der Waals surface area contributed by atoms with Crippen LogP contribution in [-0.4, -0.2) is 46.4 Å². The van der Waals surface area contributed by atoms with E-state index >= 15 is 0 Å². The summed E-state index contributed by atoms with van der Waals surface area (Å²) < 4.78 is 0.728. The lowest BCUT2D eigenvalue weighted by atomic mass is 10.0. The van der Waals surface area contributed by atoms with Gasteiger partial charge in [0.1, 0.15) is 12.1 Å². The second-order valence-corrected chi connectivity index (χ2v) is 8.79. The molecule has 3 heterocycles. The minimum atomic E-state index is -0.204. The largest absolute Gasteiger partial charge is 0.382 e. The van der Waals surface area contributed by atoms with Crippen molar-refractivity contribution in [3.63, 3.8) is 0 Å². The number of aryl methyl sites for hydroxylation is 2. The van der Waals surface area contributed by atoms with Crippen LogP contribution >= 0.6 is 11.3 Å². The molecule has 31 heavy (non-hydrogen) atoms. The average molecular weight is 435 g/mol. The number of carbonyl (C=O) groups excluding carboxylic acids is 1. The first kappa shape index (κ1) is 21.1. The minimum absolute atomic E-state index is 0.204. The van der Waals surface area contributed by atoms with Crippen molar-refractivity contribution in [2.45, 2.75) is 26.2 Å². The van der Waals surface area contributed by atoms with Crippen LogP contribution < -0.4 is 11.1 Å². The Hall–Kier alpha value is -3.10. The van der Waals surface area contributed by atoms with Crippen molar-refractivity contribution in [3.05, 3.63) is 52.9 Å². The molecule has 3 N–H and O–H groups in total. The van der Waals surface area contributed by atoms with Gasteiger partial charge in [0.15, 0.2) is 0 Å². The van der Waals surface area contributed by atoms with Crippen molar-refractivity contribution in [2.24, 2.45) is 0 Å². The summed E-state index contributed by atoms with van der Waals surface area (Å²) in [5.74, 6) is 0.185.